The highest BCUT2D eigenvalue weighted by molar-refractivity contribution is 7.89. The van der Waals surface area contributed by atoms with Gasteiger partial charge in [-0.1, -0.05) is 12.0 Å². The number of aromatic nitrogens is 1. The Bertz CT molecular complexity index is 722. The minimum Gasteiger partial charge on any atom is -0.396 e. The standard InChI is InChI=1S/C17H24N4O4S/c22-13-5-1-2-6-16(19-15-23)14-26(24,25)21-11-9-20(10-12-21)17-7-3-4-8-18-17/h3-4,7-8,15-16,22H,1,5,9-14H2,(H,19,23). The molecule has 9 heteroatoms. The Morgan fingerprint density at radius 2 is 2.08 bits per heavy atom. The number of hydrogen-bond acceptors (Lipinski definition) is 6. The molecule has 1 aromatic rings. The van der Waals surface area contributed by atoms with Crippen LogP contribution in [0.5, 0.6) is 0 Å². The number of carbonyl (C=O) groups excluding carboxylic acids is 1. The SMILES string of the molecule is O=CNC(C#CCCCO)CS(=O)(=O)N1CCN(c2ccccn2)CC1. The van der Waals surface area contributed by atoms with Crippen LogP contribution in [0.2, 0.25) is 0 Å². The van der Waals surface area contributed by atoms with Gasteiger partial charge in [-0.15, -0.1) is 5.92 Å². The second-order valence-electron chi connectivity index (χ2n) is 5.84. The molecule has 1 aromatic heterocycles. The van der Waals surface area contributed by atoms with Gasteiger partial charge in [-0.3, -0.25) is 4.79 Å². The van der Waals surface area contributed by atoms with Crippen LogP contribution in [0, 0.1) is 11.8 Å². The number of carbonyl (C=O) groups is 1. The third kappa shape index (κ3) is 5.98. The van der Waals surface area contributed by atoms with E-state index in [0.717, 1.165) is 5.82 Å². The normalized spacial score (nSPS) is 16.4. The minimum absolute atomic E-state index is 0.0271. The van der Waals surface area contributed by atoms with Gasteiger partial charge in [0, 0.05) is 45.4 Å². The van der Waals surface area contributed by atoms with E-state index in [-0.39, 0.29) is 12.4 Å². The Balaban J connectivity index is 1.94. The summed E-state index contributed by atoms with van der Waals surface area (Å²) in [6, 6.07) is 4.88. The molecular weight excluding hydrogens is 356 g/mol. The number of unbranched alkanes of at least 4 members (excludes halogenated alkanes) is 1. The smallest absolute Gasteiger partial charge is 0.217 e. The summed E-state index contributed by atoms with van der Waals surface area (Å²) in [6.45, 7) is 1.88. The summed E-state index contributed by atoms with van der Waals surface area (Å²) < 4.78 is 26.7. The molecule has 1 saturated heterocycles. The van der Waals surface area contributed by atoms with Crippen molar-refractivity contribution >= 4 is 22.3 Å². The predicted molar refractivity (Wildman–Crippen MR) is 98.9 cm³/mol. The van der Waals surface area contributed by atoms with E-state index in [0.29, 0.717) is 45.4 Å². The van der Waals surface area contributed by atoms with E-state index in [2.05, 4.69) is 22.1 Å². The van der Waals surface area contributed by atoms with Crippen LogP contribution in [-0.4, -0.2) is 73.8 Å². The maximum atomic E-state index is 12.6. The second kappa shape index (κ2) is 10.1. The summed E-state index contributed by atoms with van der Waals surface area (Å²) in [7, 11) is -3.54. The quantitative estimate of drug-likeness (QED) is 0.356. The summed E-state index contributed by atoms with van der Waals surface area (Å²) >= 11 is 0. The lowest BCUT2D eigenvalue weighted by Crippen LogP contribution is -2.51. The molecule has 1 aliphatic heterocycles. The summed E-state index contributed by atoms with van der Waals surface area (Å²) in [5, 5.41) is 11.2. The van der Waals surface area contributed by atoms with Crippen molar-refractivity contribution in [3.63, 3.8) is 0 Å². The summed E-state index contributed by atoms with van der Waals surface area (Å²) in [5.41, 5.74) is 0. The van der Waals surface area contributed by atoms with Gasteiger partial charge in [-0.2, -0.15) is 4.31 Å². The van der Waals surface area contributed by atoms with Crippen molar-refractivity contribution in [1.29, 1.82) is 0 Å². The van der Waals surface area contributed by atoms with E-state index in [4.69, 9.17) is 5.11 Å². The molecule has 0 saturated carbocycles. The van der Waals surface area contributed by atoms with Crippen LogP contribution in [0.3, 0.4) is 0 Å². The number of aliphatic hydroxyl groups is 1. The third-order valence-electron chi connectivity index (χ3n) is 3.99. The van der Waals surface area contributed by atoms with Crippen molar-refractivity contribution in [1.82, 2.24) is 14.6 Å². The zero-order chi connectivity index (χ0) is 18.8. The number of rotatable bonds is 8. The van der Waals surface area contributed by atoms with Gasteiger partial charge in [0.25, 0.3) is 0 Å². The Kier molecular flexibility index (Phi) is 7.84. The zero-order valence-electron chi connectivity index (χ0n) is 14.5. The van der Waals surface area contributed by atoms with Crippen LogP contribution >= 0.6 is 0 Å². The van der Waals surface area contributed by atoms with Gasteiger partial charge in [-0.25, -0.2) is 13.4 Å². The summed E-state index contributed by atoms with van der Waals surface area (Å²) in [6.07, 6.45) is 3.14. The highest BCUT2D eigenvalue weighted by atomic mass is 32.2. The van der Waals surface area contributed by atoms with Gasteiger partial charge in [-0.05, 0) is 18.6 Å². The highest BCUT2D eigenvalue weighted by Gasteiger charge is 2.29. The number of nitrogens with zero attached hydrogens (tertiary/aromatic N) is 3. The fourth-order valence-corrected chi connectivity index (χ4v) is 4.16. The van der Waals surface area contributed by atoms with Crippen molar-refractivity contribution < 1.29 is 18.3 Å². The van der Waals surface area contributed by atoms with Gasteiger partial charge in [0.2, 0.25) is 16.4 Å². The number of sulfonamides is 1. The fraction of sp³-hybridized carbons (Fsp3) is 0.529. The monoisotopic (exact) mass is 380 g/mol. The van der Waals surface area contributed by atoms with Gasteiger partial charge in [0.1, 0.15) is 11.9 Å². The lowest BCUT2D eigenvalue weighted by atomic mass is 10.3. The second-order valence-corrected chi connectivity index (χ2v) is 7.85. The van der Waals surface area contributed by atoms with E-state index in [9.17, 15) is 13.2 Å². The number of hydrogen-bond donors (Lipinski definition) is 2. The molecule has 0 aliphatic carbocycles. The summed E-state index contributed by atoms with van der Waals surface area (Å²) in [4.78, 5) is 17.1. The van der Waals surface area contributed by atoms with Gasteiger partial charge in [0.15, 0.2) is 0 Å². The van der Waals surface area contributed by atoms with E-state index < -0.39 is 16.1 Å². The Morgan fingerprint density at radius 3 is 2.69 bits per heavy atom. The van der Waals surface area contributed by atoms with Crippen molar-refractivity contribution in [3.05, 3.63) is 24.4 Å². The average molecular weight is 380 g/mol. The number of nitrogens with one attached hydrogen (secondary N) is 1. The van der Waals surface area contributed by atoms with Crippen LogP contribution in [0.25, 0.3) is 0 Å². The van der Waals surface area contributed by atoms with Crippen LogP contribution < -0.4 is 10.2 Å². The van der Waals surface area contributed by atoms with E-state index in [1.54, 1.807) is 6.20 Å². The molecule has 8 nitrogen and oxygen atoms in total. The lowest BCUT2D eigenvalue weighted by Gasteiger charge is -2.35. The number of anilines is 1. The van der Waals surface area contributed by atoms with E-state index >= 15 is 0 Å². The molecule has 1 atom stereocenters. The molecule has 0 radical (unpaired) electrons. The number of piperazine rings is 1. The highest BCUT2D eigenvalue weighted by Crippen LogP contribution is 2.15. The molecule has 1 amide bonds. The molecule has 1 fully saturated rings. The number of pyridine rings is 1. The van der Waals surface area contributed by atoms with Gasteiger partial charge >= 0.3 is 0 Å². The first kappa shape index (κ1) is 20.2. The molecule has 0 aromatic carbocycles. The molecule has 1 aliphatic rings. The first-order chi connectivity index (χ1) is 12.6. The lowest BCUT2D eigenvalue weighted by molar-refractivity contribution is -0.109. The zero-order valence-corrected chi connectivity index (χ0v) is 15.4. The molecule has 0 spiro atoms. The van der Waals surface area contributed by atoms with Crippen LogP contribution in [-0.2, 0) is 14.8 Å². The van der Waals surface area contributed by atoms with Gasteiger partial charge < -0.3 is 15.3 Å². The topological polar surface area (TPSA) is 103 Å². The van der Waals surface area contributed by atoms with Crippen LogP contribution in [0.4, 0.5) is 5.82 Å². The molecule has 2 N–H and O–H groups in total. The maximum Gasteiger partial charge on any atom is 0.217 e. The van der Waals surface area contributed by atoms with Crippen molar-refractivity contribution in [2.75, 3.05) is 43.4 Å². The van der Waals surface area contributed by atoms with Crippen molar-refractivity contribution in [3.8, 4) is 11.8 Å². The Hall–Kier alpha value is -2.15. The summed E-state index contributed by atoms with van der Waals surface area (Å²) in [5.74, 6) is 6.12. The Morgan fingerprint density at radius 1 is 1.31 bits per heavy atom. The number of aliphatic hydroxyl groups excluding tert-OH is 1. The number of amides is 1. The Labute approximate surface area is 154 Å². The van der Waals surface area contributed by atoms with Crippen LogP contribution in [0.1, 0.15) is 12.8 Å². The molecule has 2 heterocycles. The molecule has 2 rings (SSSR count). The predicted octanol–water partition coefficient (Wildman–Crippen LogP) is -0.576. The van der Waals surface area contributed by atoms with Crippen molar-refractivity contribution in [2.45, 2.75) is 18.9 Å². The van der Waals surface area contributed by atoms with E-state index in [1.165, 1.54) is 4.31 Å². The van der Waals surface area contributed by atoms with E-state index in [1.807, 2.05) is 23.1 Å². The molecule has 142 valence electrons. The molecule has 26 heavy (non-hydrogen) atoms. The molecular formula is C17H24N4O4S. The first-order valence-corrected chi connectivity index (χ1v) is 10.1. The minimum atomic E-state index is -3.54. The third-order valence-corrected chi connectivity index (χ3v) is 5.89. The maximum absolute atomic E-state index is 12.6. The fourth-order valence-electron chi connectivity index (χ4n) is 2.63. The van der Waals surface area contributed by atoms with Crippen molar-refractivity contribution in [2.24, 2.45) is 0 Å². The largest absolute Gasteiger partial charge is 0.396 e. The van der Waals surface area contributed by atoms with Gasteiger partial charge in [0.05, 0.1) is 5.75 Å². The van der Waals surface area contributed by atoms with Crippen LogP contribution in [0.15, 0.2) is 24.4 Å². The molecule has 0 bridgehead atoms. The molecule has 1 unspecified atom stereocenters. The average Bonchev–Trinajstić information content (AvgIpc) is 2.66. The first-order valence-electron chi connectivity index (χ1n) is 8.49.